The van der Waals surface area contributed by atoms with Crippen molar-refractivity contribution >= 4 is 17.7 Å². The van der Waals surface area contributed by atoms with Gasteiger partial charge in [-0.3, -0.25) is 4.57 Å². The molecule has 2 unspecified atom stereocenters. The number of rotatable bonds is 4. The van der Waals surface area contributed by atoms with E-state index in [1.165, 1.54) is 25.7 Å². The molecule has 0 aromatic carbocycles. The van der Waals surface area contributed by atoms with Gasteiger partial charge in [0.2, 0.25) is 11.9 Å². The van der Waals surface area contributed by atoms with Crippen LogP contribution in [0.4, 0.5) is 5.95 Å². The molecule has 1 saturated carbocycles. The van der Waals surface area contributed by atoms with Gasteiger partial charge in [-0.2, -0.15) is 15.0 Å². The normalized spacial score (nSPS) is 22.2. The van der Waals surface area contributed by atoms with Crippen molar-refractivity contribution in [1.29, 1.82) is 0 Å². The summed E-state index contributed by atoms with van der Waals surface area (Å²) in [7, 11) is 1.82. The number of thioether (sulfide) groups is 1. The van der Waals surface area contributed by atoms with Gasteiger partial charge >= 0.3 is 0 Å². The Balaban J connectivity index is 1.82. The van der Waals surface area contributed by atoms with Crippen LogP contribution >= 0.6 is 11.8 Å². The third kappa shape index (κ3) is 3.53. The minimum absolute atomic E-state index is 0.597. The predicted molar refractivity (Wildman–Crippen MR) is 83.8 cm³/mol. The van der Waals surface area contributed by atoms with Crippen molar-refractivity contribution < 1.29 is 0 Å². The molecule has 7 heteroatoms. The maximum atomic E-state index is 4.57. The van der Waals surface area contributed by atoms with Crippen LogP contribution in [0.25, 0.3) is 5.95 Å². The third-order valence-electron chi connectivity index (χ3n) is 3.72. The molecule has 2 atom stereocenters. The molecule has 0 radical (unpaired) electrons. The van der Waals surface area contributed by atoms with Gasteiger partial charge in [0.1, 0.15) is 6.33 Å². The first-order valence-corrected chi connectivity index (χ1v) is 8.21. The average molecular weight is 304 g/mol. The molecule has 1 aliphatic carbocycles. The second kappa shape index (κ2) is 6.43. The van der Waals surface area contributed by atoms with Crippen molar-refractivity contribution in [3.8, 4) is 5.95 Å². The zero-order valence-corrected chi connectivity index (χ0v) is 13.2. The molecule has 0 saturated heterocycles. The quantitative estimate of drug-likeness (QED) is 0.936. The molecule has 21 heavy (non-hydrogen) atoms. The van der Waals surface area contributed by atoms with E-state index in [4.69, 9.17) is 0 Å². The smallest absolute Gasteiger partial charge is 0.240 e. The fourth-order valence-electron chi connectivity index (χ4n) is 2.64. The highest BCUT2D eigenvalue weighted by molar-refractivity contribution is 7.99. The maximum absolute atomic E-state index is 4.57. The molecule has 1 fully saturated rings. The van der Waals surface area contributed by atoms with Crippen LogP contribution in [0.15, 0.2) is 23.9 Å². The molecule has 3 rings (SSSR count). The first kappa shape index (κ1) is 14.3. The summed E-state index contributed by atoms with van der Waals surface area (Å²) in [4.78, 5) is 17.5. The molecular formula is C14H20N6S. The molecular weight excluding hydrogens is 284 g/mol. The van der Waals surface area contributed by atoms with E-state index in [0.717, 1.165) is 11.1 Å². The van der Waals surface area contributed by atoms with E-state index in [2.05, 4.69) is 32.2 Å². The van der Waals surface area contributed by atoms with Crippen LogP contribution in [-0.4, -0.2) is 36.8 Å². The van der Waals surface area contributed by atoms with Crippen molar-refractivity contribution in [3.05, 3.63) is 18.7 Å². The minimum atomic E-state index is 0.597. The van der Waals surface area contributed by atoms with Crippen molar-refractivity contribution in [1.82, 2.24) is 24.5 Å². The number of nitrogens with zero attached hydrogens (tertiary/aromatic N) is 5. The Labute approximate surface area is 128 Å². The number of nitrogens with one attached hydrogen (secondary N) is 1. The van der Waals surface area contributed by atoms with E-state index in [-0.39, 0.29) is 0 Å². The highest BCUT2D eigenvalue weighted by Gasteiger charge is 2.21. The summed E-state index contributed by atoms with van der Waals surface area (Å²) in [6.45, 7) is 2.33. The van der Waals surface area contributed by atoms with E-state index >= 15 is 0 Å². The van der Waals surface area contributed by atoms with E-state index in [1.54, 1.807) is 28.9 Å². The first-order valence-electron chi connectivity index (χ1n) is 7.33. The van der Waals surface area contributed by atoms with Crippen molar-refractivity contribution in [2.24, 2.45) is 5.92 Å². The van der Waals surface area contributed by atoms with Crippen molar-refractivity contribution in [2.45, 2.75) is 43.0 Å². The van der Waals surface area contributed by atoms with Crippen molar-refractivity contribution in [2.75, 3.05) is 12.4 Å². The average Bonchev–Trinajstić information content (AvgIpc) is 3.01. The van der Waals surface area contributed by atoms with Crippen LogP contribution in [0.1, 0.15) is 32.6 Å². The molecule has 6 nitrogen and oxygen atoms in total. The lowest BCUT2D eigenvalue weighted by Gasteiger charge is -2.25. The molecule has 0 spiro atoms. The zero-order chi connectivity index (χ0) is 14.7. The highest BCUT2D eigenvalue weighted by Crippen LogP contribution is 2.34. The zero-order valence-electron chi connectivity index (χ0n) is 12.4. The minimum Gasteiger partial charge on any atom is -0.357 e. The number of anilines is 1. The molecule has 112 valence electrons. The summed E-state index contributed by atoms with van der Waals surface area (Å²) in [5, 5.41) is 4.40. The van der Waals surface area contributed by atoms with Crippen LogP contribution < -0.4 is 5.32 Å². The van der Waals surface area contributed by atoms with E-state index in [9.17, 15) is 0 Å². The highest BCUT2D eigenvalue weighted by atomic mass is 32.2. The van der Waals surface area contributed by atoms with Gasteiger partial charge in [0.25, 0.3) is 0 Å². The molecule has 2 aromatic heterocycles. The Morgan fingerprint density at radius 3 is 2.90 bits per heavy atom. The van der Waals surface area contributed by atoms with Gasteiger partial charge in [0.05, 0.1) is 0 Å². The van der Waals surface area contributed by atoms with E-state index in [1.807, 2.05) is 13.2 Å². The maximum Gasteiger partial charge on any atom is 0.240 e. The lowest BCUT2D eigenvalue weighted by molar-refractivity contribution is 0.394. The predicted octanol–water partition coefficient (Wildman–Crippen LogP) is 2.77. The topological polar surface area (TPSA) is 68.5 Å². The van der Waals surface area contributed by atoms with Crippen LogP contribution in [0.5, 0.6) is 0 Å². The summed E-state index contributed by atoms with van der Waals surface area (Å²) >= 11 is 1.77. The van der Waals surface area contributed by atoms with Crippen LogP contribution in [0.2, 0.25) is 0 Å². The van der Waals surface area contributed by atoms with Gasteiger partial charge in [-0.25, -0.2) is 4.98 Å². The van der Waals surface area contributed by atoms with E-state index < -0.39 is 0 Å². The van der Waals surface area contributed by atoms with Gasteiger partial charge in [0, 0.05) is 24.7 Å². The molecule has 2 aromatic rings. The standard InChI is InChI=1S/C14H20N6S/c1-10-4-3-5-11(8-10)21-14-18-12(15-2)17-13(19-14)20-7-6-16-9-20/h6-7,9-11H,3-5,8H2,1-2H3,(H,15,17,18,19). The Bertz CT molecular complexity index is 585. The number of imidazole rings is 1. The lowest BCUT2D eigenvalue weighted by atomic mass is 9.91. The summed E-state index contributed by atoms with van der Waals surface area (Å²) in [6, 6.07) is 0. The first-order chi connectivity index (χ1) is 10.2. The van der Waals surface area contributed by atoms with Gasteiger partial charge < -0.3 is 5.32 Å². The summed E-state index contributed by atoms with van der Waals surface area (Å²) in [5.41, 5.74) is 0. The summed E-state index contributed by atoms with van der Waals surface area (Å²) < 4.78 is 1.80. The summed E-state index contributed by atoms with van der Waals surface area (Å²) in [5.74, 6) is 2.01. The Kier molecular flexibility index (Phi) is 4.38. The Morgan fingerprint density at radius 2 is 2.19 bits per heavy atom. The number of aromatic nitrogens is 5. The molecule has 1 aliphatic rings. The third-order valence-corrected chi connectivity index (χ3v) is 4.88. The molecule has 0 aliphatic heterocycles. The van der Waals surface area contributed by atoms with Gasteiger partial charge in [-0.15, -0.1) is 0 Å². The Morgan fingerprint density at radius 1 is 1.29 bits per heavy atom. The van der Waals surface area contributed by atoms with Crippen LogP contribution in [0, 0.1) is 5.92 Å². The molecule has 0 bridgehead atoms. The van der Waals surface area contributed by atoms with Gasteiger partial charge in [-0.05, 0) is 18.8 Å². The fourth-order valence-corrected chi connectivity index (χ4v) is 3.92. The second-order valence-electron chi connectivity index (χ2n) is 5.47. The lowest BCUT2D eigenvalue weighted by Crippen LogP contribution is -2.16. The van der Waals surface area contributed by atoms with Gasteiger partial charge in [-0.1, -0.05) is 31.5 Å². The molecule has 0 amide bonds. The molecule has 1 N–H and O–H groups in total. The Hall–Kier alpha value is -1.63. The van der Waals surface area contributed by atoms with E-state index in [0.29, 0.717) is 17.1 Å². The SMILES string of the molecule is CNc1nc(SC2CCCC(C)C2)nc(-n2ccnc2)n1. The number of hydrogen-bond donors (Lipinski definition) is 1. The van der Waals surface area contributed by atoms with Crippen LogP contribution in [-0.2, 0) is 0 Å². The fraction of sp³-hybridized carbons (Fsp3) is 0.571. The van der Waals surface area contributed by atoms with Crippen molar-refractivity contribution in [3.63, 3.8) is 0 Å². The largest absolute Gasteiger partial charge is 0.357 e. The summed E-state index contributed by atoms with van der Waals surface area (Å²) in [6.07, 6.45) is 10.4. The molecule has 2 heterocycles. The van der Waals surface area contributed by atoms with Crippen LogP contribution in [0.3, 0.4) is 0 Å². The van der Waals surface area contributed by atoms with Gasteiger partial charge in [0.15, 0.2) is 5.16 Å². The monoisotopic (exact) mass is 304 g/mol. The second-order valence-corrected chi connectivity index (χ2v) is 6.74. The number of hydrogen-bond acceptors (Lipinski definition) is 6.